The van der Waals surface area contributed by atoms with E-state index in [9.17, 15) is 4.39 Å². The van der Waals surface area contributed by atoms with E-state index in [0.29, 0.717) is 18.1 Å². The summed E-state index contributed by atoms with van der Waals surface area (Å²) in [6.45, 7) is 2.43. The number of ether oxygens (including phenoxy) is 1. The van der Waals surface area contributed by atoms with E-state index in [2.05, 4.69) is 38.0 Å². The number of hydrogen-bond donors (Lipinski definition) is 1. The average molecular weight is 458 g/mol. The number of aliphatic imine (C=N–C) groups is 2. The van der Waals surface area contributed by atoms with Crippen molar-refractivity contribution in [2.24, 2.45) is 15.7 Å². The van der Waals surface area contributed by atoms with E-state index < -0.39 is 0 Å². The summed E-state index contributed by atoms with van der Waals surface area (Å²) in [4.78, 5) is 11.0. The zero-order valence-corrected chi connectivity index (χ0v) is 17.5. The Kier molecular flexibility index (Phi) is 5.28. The second-order valence-electron chi connectivity index (χ2n) is 6.35. The Balaban J connectivity index is 1.83. The quantitative estimate of drug-likeness (QED) is 0.400. The highest BCUT2D eigenvalue weighted by atomic mass is 79.9. The standard InChI is InChI=1S/C21H17BrFN3OS/c1-12-8-15(23)3-4-17(12)26-21(25-11-24)19-9-13-6-7-27-18-5-2-14(22)10-16(18)20(13)28-19/h2-5,8-11H,6-7H2,1H3,(H2,24,25,26). The molecule has 142 valence electrons. The molecule has 1 aromatic heterocycles. The molecule has 2 heterocycles. The van der Waals surface area contributed by atoms with E-state index in [4.69, 9.17) is 10.5 Å². The number of thiophene rings is 1. The molecule has 4 nitrogen and oxygen atoms in total. The molecule has 0 spiro atoms. The average Bonchev–Trinajstić information content (AvgIpc) is 3.01. The molecule has 2 aromatic carbocycles. The van der Waals surface area contributed by atoms with Crippen molar-refractivity contribution in [2.45, 2.75) is 13.3 Å². The first-order chi connectivity index (χ1) is 13.5. The van der Waals surface area contributed by atoms with Gasteiger partial charge in [0.05, 0.1) is 23.5 Å². The van der Waals surface area contributed by atoms with Gasteiger partial charge >= 0.3 is 0 Å². The van der Waals surface area contributed by atoms with Crippen LogP contribution in [0.4, 0.5) is 10.1 Å². The minimum atomic E-state index is -0.287. The third kappa shape index (κ3) is 3.72. The van der Waals surface area contributed by atoms with Crippen molar-refractivity contribution in [2.75, 3.05) is 6.61 Å². The molecule has 0 bridgehead atoms. The molecule has 0 saturated carbocycles. The zero-order chi connectivity index (χ0) is 19.7. The Bertz CT molecular complexity index is 1110. The first-order valence-electron chi connectivity index (χ1n) is 8.70. The number of rotatable bonds is 2. The largest absolute Gasteiger partial charge is 0.493 e. The molecule has 1 aliphatic rings. The fraction of sp³-hybridized carbons (Fsp3) is 0.143. The van der Waals surface area contributed by atoms with Gasteiger partial charge in [-0.2, -0.15) is 0 Å². The Morgan fingerprint density at radius 1 is 1.25 bits per heavy atom. The van der Waals surface area contributed by atoms with Crippen LogP contribution in [0.2, 0.25) is 0 Å². The number of hydrogen-bond acceptors (Lipinski definition) is 3. The predicted molar refractivity (Wildman–Crippen MR) is 117 cm³/mol. The molecule has 0 radical (unpaired) electrons. The highest BCUT2D eigenvalue weighted by molar-refractivity contribution is 9.10. The summed E-state index contributed by atoms with van der Waals surface area (Å²) in [5.41, 5.74) is 9.21. The summed E-state index contributed by atoms with van der Waals surface area (Å²) >= 11 is 5.14. The topological polar surface area (TPSA) is 60.0 Å². The van der Waals surface area contributed by atoms with Crippen LogP contribution >= 0.6 is 27.3 Å². The summed E-state index contributed by atoms with van der Waals surface area (Å²) in [7, 11) is 0. The van der Waals surface area contributed by atoms with Crippen LogP contribution < -0.4 is 10.5 Å². The second kappa shape index (κ2) is 7.85. The van der Waals surface area contributed by atoms with E-state index in [-0.39, 0.29) is 5.82 Å². The number of fused-ring (bicyclic) bond motifs is 3. The van der Waals surface area contributed by atoms with Crippen LogP contribution in [0.25, 0.3) is 10.4 Å². The lowest BCUT2D eigenvalue weighted by molar-refractivity contribution is 0.326. The van der Waals surface area contributed by atoms with Gasteiger partial charge in [0.25, 0.3) is 0 Å². The van der Waals surface area contributed by atoms with Gasteiger partial charge in [0.2, 0.25) is 0 Å². The molecular formula is C21H17BrFN3OS. The smallest absolute Gasteiger partial charge is 0.171 e. The van der Waals surface area contributed by atoms with Crippen molar-refractivity contribution in [3.05, 3.63) is 68.8 Å². The van der Waals surface area contributed by atoms with Crippen molar-refractivity contribution >= 4 is 45.1 Å². The van der Waals surface area contributed by atoms with Crippen molar-refractivity contribution in [1.82, 2.24) is 0 Å². The molecule has 0 unspecified atom stereocenters. The number of nitrogens with zero attached hydrogens (tertiary/aromatic N) is 2. The summed E-state index contributed by atoms with van der Waals surface area (Å²) in [5, 5.41) is 0. The van der Waals surface area contributed by atoms with Gasteiger partial charge in [-0.1, -0.05) is 15.9 Å². The lowest BCUT2D eigenvalue weighted by Gasteiger charge is -2.07. The normalized spacial score (nSPS) is 13.8. The van der Waals surface area contributed by atoms with E-state index in [1.807, 2.05) is 19.1 Å². The third-order valence-corrected chi connectivity index (χ3v) is 6.13. The van der Waals surface area contributed by atoms with Gasteiger partial charge < -0.3 is 10.5 Å². The van der Waals surface area contributed by atoms with Crippen LogP contribution in [0.5, 0.6) is 5.75 Å². The summed E-state index contributed by atoms with van der Waals surface area (Å²) < 4.78 is 20.3. The number of benzene rings is 2. The molecule has 1 aliphatic heterocycles. The van der Waals surface area contributed by atoms with Gasteiger partial charge in [-0.15, -0.1) is 11.3 Å². The maximum absolute atomic E-state index is 13.4. The maximum Gasteiger partial charge on any atom is 0.171 e. The van der Waals surface area contributed by atoms with Crippen molar-refractivity contribution in [3.63, 3.8) is 0 Å². The van der Waals surface area contributed by atoms with Gasteiger partial charge in [-0.05, 0) is 60.5 Å². The van der Waals surface area contributed by atoms with E-state index >= 15 is 0 Å². The molecule has 7 heteroatoms. The molecule has 28 heavy (non-hydrogen) atoms. The van der Waals surface area contributed by atoms with Crippen molar-refractivity contribution < 1.29 is 9.13 Å². The van der Waals surface area contributed by atoms with Crippen LogP contribution in [0.15, 0.2) is 56.9 Å². The molecule has 2 N–H and O–H groups in total. The van der Waals surface area contributed by atoms with Crippen LogP contribution in [-0.4, -0.2) is 18.8 Å². The maximum atomic E-state index is 13.4. The molecule has 0 aliphatic carbocycles. The molecule has 0 fully saturated rings. The first kappa shape index (κ1) is 18.8. The third-order valence-electron chi connectivity index (χ3n) is 4.43. The van der Waals surface area contributed by atoms with E-state index in [1.165, 1.54) is 24.0 Å². The SMILES string of the molecule is Cc1cc(F)ccc1N=C(N=CN)c1cc2c(s1)-c1cc(Br)ccc1OCC2. The van der Waals surface area contributed by atoms with Gasteiger partial charge in [0.1, 0.15) is 11.6 Å². The minimum Gasteiger partial charge on any atom is -0.493 e. The van der Waals surface area contributed by atoms with Crippen LogP contribution in [0.3, 0.4) is 0 Å². The van der Waals surface area contributed by atoms with Crippen molar-refractivity contribution in [3.8, 4) is 16.2 Å². The number of amidine groups is 1. The molecular weight excluding hydrogens is 441 g/mol. The Labute approximate surface area is 174 Å². The van der Waals surface area contributed by atoms with E-state index in [1.54, 1.807) is 17.4 Å². The molecule has 0 atom stereocenters. The van der Waals surface area contributed by atoms with Crippen LogP contribution in [0.1, 0.15) is 16.0 Å². The van der Waals surface area contributed by atoms with Gasteiger partial charge in [0.15, 0.2) is 5.84 Å². The number of nitrogens with two attached hydrogens (primary N) is 1. The Morgan fingerprint density at radius 3 is 2.89 bits per heavy atom. The number of aryl methyl sites for hydroxylation is 1. The Morgan fingerprint density at radius 2 is 2.11 bits per heavy atom. The predicted octanol–water partition coefficient (Wildman–Crippen LogP) is 5.63. The van der Waals surface area contributed by atoms with Crippen LogP contribution in [-0.2, 0) is 6.42 Å². The van der Waals surface area contributed by atoms with Crippen LogP contribution in [0, 0.1) is 12.7 Å². The lowest BCUT2D eigenvalue weighted by Crippen LogP contribution is -2.00. The first-order valence-corrected chi connectivity index (χ1v) is 10.3. The fourth-order valence-electron chi connectivity index (χ4n) is 3.11. The summed E-state index contributed by atoms with van der Waals surface area (Å²) in [5.74, 6) is 1.09. The number of halogens is 2. The highest BCUT2D eigenvalue weighted by Gasteiger charge is 2.21. The van der Waals surface area contributed by atoms with Gasteiger partial charge in [-0.25, -0.2) is 14.4 Å². The Hall–Kier alpha value is -2.51. The molecule has 3 aromatic rings. The molecule has 4 rings (SSSR count). The monoisotopic (exact) mass is 457 g/mol. The van der Waals surface area contributed by atoms with E-state index in [0.717, 1.165) is 37.5 Å². The fourth-order valence-corrected chi connectivity index (χ4v) is 4.64. The molecule has 0 saturated heterocycles. The molecule has 0 amide bonds. The van der Waals surface area contributed by atoms with Gasteiger partial charge in [-0.3, -0.25) is 0 Å². The second-order valence-corrected chi connectivity index (χ2v) is 8.32. The minimum absolute atomic E-state index is 0.287. The van der Waals surface area contributed by atoms with Crippen molar-refractivity contribution in [1.29, 1.82) is 0 Å². The highest BCUT2D eigenvalue weighted by Crippen LogP contribution is 2.42. The summed E-state index contributed by atoms with van der Waals surface area (Å²) in [6.07, 6.45) is 2.03. The van der Waals surface area contributed by atoms with Gasteiger partial charge in [0, 0.05) is 21.3 Å². The lowest BCUT2D eigenvalue weighted by atomic mass is 10.1. The zero-order valence-electron chi connectivity index (χ0n) is 15.1. The summed E-state index contributed by atoms with van der Waals surface area (Å²) in [6, 6.07) is 12.6.